The lowest BCUT2D eigenvalue weighted by Gasteiger charge is -2.04. The monoisotopic (exact) mass is 239 g/mol. The normalized spacial score (nSPS) is 10.1. The fourth-order valence-electron chi connectivity index (χ4n) is 0.842. The van der Waals surface area contributed by atoms with E-state index in [4.69, 9.17) is 16.3 Å². The number of rotatable bonds is 9. The van der Waals surface area contributed by atoms with Crippen LogP contribution >= 0.6 is 23.4 Å². The Labute approximate surface area is 94.9 Å². The van der Waals surface area contributed by atoms with E-state index in [9.17, 15) is 4.79 Å². The number of thioether (sulfide) groups is 1. The van der Waals surface area contributed by atoms with Crippen LogP contribution in [0.3, 0.4) is 0 Å². The predicted molar refractivity (Wildman–Crippen MR) is 62.2 cm³/mol. The second-order valence-electron chi connectivity index (χ2n) is 2.75. The summed E-state index contributed by atoms with van der Waals surface area (Å²) in [5.74, 6) is 1.53. The molecule has 0 aromatic carbocycles. The van der Waals surface area contributed by atoms with Gasteiger partial charge in [0.2, 0.25) is 5.91 Å². The summed E-state index contributed by atoms with van der Waals surface area (Å²) in [6, 6.07) is 0. The van der Waals surface area contributed by atoms with E-state index < -0.39 is 0 Å². The number of hydrogen-bond acceptors (Lipinski definition) is 3. The summed E-state index contributed by atoms with van der Waals surface area (Å²) >= 11 is 7.11. The third kappa shape index (κ3) is 10.2. The van der Waals surface area contributed by atoms with Crippen LogP contribution in [-0.2, 0) is 9.53 Å². The van der Waals surface area contributed by atoms with E-state index in [2.05, 4.69) is 5.32 Å². The van der Waals surface area contributed by atoms with Gasteiger partial charge in [-0.1, -0.05) is 0 Å². The zero-order valence-electron chi connectivity index (χ0n) is 8.55. The maximum atomic E-state index is 11.1. The van der Waals surface area contributed by atoms with E-state index in [-0.39, 0.29) is 5.91 Å². The molecule has 0 saturated heterocycles. The number of amides is 1. The van der Waals surface area contributed by atoms with Gasteiger partial charge in [-0.2, -0.15) is 11.8 Å². The van der Waals surface area contributed by atoms with Gasteiger partial charge in [-0.3, -0.25) is 4.79 Å². The number of carbonyl (C=O) groups is 1. The molecule has 0 saturated carbocycles. The van der Waals surface area contributed by atoms with Gasteiger partial charge in [0.05, 0.1) is 6.61 Å². The highest BCUT2D eigenvalue weighted by Crippen LogP contribution is 1.94. The highest BCUT2D eigenvalue weighted by molar-refractivity contribution is 7.98. The summed E-state index contributed by atoms with van der Waals surface area (Å²) in [5, 5.41) is 2.83. The van der Waals surface area contributed by atoms with E-state index in [1.807, 2.05) is 6.26 Å². The molecule has 0 aromatic rings. The smallest absolute Gasteiger partial charge is 0.220 e. The van der Waals surface area contributed by atoms with Crippen LogP contribution in [0, 0.1) is 0 Å². The van der Waals surface area contributed by atoms with Crippen molar-refractivity contribution in [3.63, 3.8) is 0 Å². The van der Waals surface area contributed by atoms with Crippen LogP contribution in [0.15, 0.2) is 0 Å². The minimum absolute atomic E-state index is 0.122. The van der Waals surface area contributed by atoms with Gasteiger partial charge in [0.25, 0.3) is 0 Å². The number of nitrogens with one attached hydrogen (secondary N) is 1. The van der Waals surface area contributed by atoms with Crippen LogP contribution in [-0.4, -0.2) is 43.6 Å². The Balaban J connectivity index is 3.07. The van der Waals surface area contributed by atoms with Crippen molar-refractivity contribution >= 4 is 29.3 Å². The Hall–Kier alpha value is 0.0700. The van der Waals surface area contributed by atoms with Gasteiger partial charge in [-0.15, -0.1) is 11.6 Å². The maximum absolute atomic E-state index is 11.1. The number of ether oxygens (including phenoxy) is 1. The molecule has 0 heterocycles. The molecule has 84 valence electrons. The summed E-state index contributed by atoms with van der Waals surface area (Å²) in [7, 11) is 0. The van der Waals surface area contributed by atoms with Crippen molar-refractivity contribution in [2.24, 2.45) is 0 Å². The first-order chi connectivity index (χ1) is 6.81. The van der Waals surface area contributed by atoms with Gasteiger partial charge in [-0.25, -0.2) is 0 Å². The second-order valence-corrected chi connectivity index (χ2v) is 4.11. The van der Waals surface area contributed by atoms with E-state index in [1.54, 1.807) is 11.8 Å². The number of hydrogen-bond donors (Lipinski definition) is 1. The average Bonchev–Trinajstić information content (AvgIpc) is 2.20. The molecule has 0 radical (unpaired) electrons. The first-order valence-corrected chi connectivity index (χ1v) is 6.63. The lowest BCUT2D eigenvalue weighted by Crippen LogP contribution is -2.25. The minimum Gasteiger partial charge on any atom is -0.380 e. The molecule has 0 unspecified atom stereocenters. The zero-order chi connectivity index (χ0) is 10.6. The fourth-order valence-corrected chi connectivity index (χ4v) is 1.34. The van der Waals surface area contributed by atoms with Gasteiger partial charge < -0.3 is 10.1 Å². The Morgan fingerprint density at radius 1 is 1.50 bits per heavy atom. The van der Waals surface area contributed by atoms with E-state index in [0.29, 0.717) is 32.1 Å². The van der Waals surface area contributed by atoms with Gasteiger partial charge in [0.15, 0.2) is 0 Å². The van der Waals surface area contributed by atoms with Crippen LogP contribution in [0.25, 0.3) is 0 Å². The molecule has 0 aliphatic rings. The molecule has 5 heteroatoms. The minimum atomic E-state index is 0.122. The van der Waals surface area contributed by atoms with E-state index >= 15 is 0 Å². The van der Waals surface area contributed by atoms with Crippen LogP contribution < -0.4 is 5.32 Å². The van der Waals surface area contributed by atoms with Gasteiger partial charge >= 0.3 is 0 Å². The van der Waals surface area contributed by atoms with Crippen molar-refractivity contribution in [3.8, 4) is 0 Å². The number of carbonyl (C=O) groups excluding carboxylic acids is 1. The molecule has 14 heavy (non-hydrogen) atoms. The molecule has 0 bridgehead atoms. The van der Waals surface area contributed by atoms with Crippen LogP contribution in [0.5, 0.6) is 0 Å². The maximum Gasteiger partial charge on any atom is 0.220 e. The van der Waals surface area contributed by atoms with Gasteiger partial charge in [0, 0.05) is 31.2 Å². The van der Waals surface area contributed by atoms with Crippen molar-refractivity contribution in [2.75, 3.05) is 37.6 Å². The number of halogens is 1. The molecule has 3 nitrogen and oxygen atoms in total. The highest BCUT2D eigenvalue weighted by Gasteiger charge is 1.98. The Bertz CT molecular complexity index is 147. The van der Waals surface area contributed by atoms with Crippen molar-refractivity contribution in [2.45, 2.75) is 12.8 Å². The summed E-state index contributed by atoms with van der Waals surface area (Å²) in [6.07, 6.45) is 3.44. The molecule has 1 amide bonds. The molecule has 0 fully saturated rings. The SMILES string of the molecule is CSCCC(=O)NCCCOCCCl. The number of alkyl halides is 1. The lowest BCUT2D eigenvalue weighted by molar-refractivity contribution is -0.120. The van der Waals surface area contributed by atoms with E-state index in [1.165, 1.54) is 0 Å². The van der Waals surface area contributed by atoms with Crippen molar-refractivity contribution in [1.82, 2.24) is 5.32 Å². The Kier molecular flexibility index (Phi) is 11.2. The second kappa shape index (κ2) is 11.1. The predicted octanol–water partition coefficient (Wildman–Crippen LogP) is 1.50. The molecular weight excluding hydrogens is 222 g/mol. The average molecular weight is 240 g/mol. The highest BCUT2D eigenvalue weighted by atomic mass is 35.5. The van der Waals surface area contributed by atoms with Crippen LogP contribution in [0.1, 0.15) is 12.8 Å². The summed E-state index contributed by atoms with van der Waals surface area (Å²) in [6.45, 7) is 1.94. The molecular formula is C9H18ClNO2S. The molecule has 0 aromatic heterocycles. The van der Waals surface area contributed by atoms with E-state index in [0.717, 1.165) is 12.2 Å². The largest absolute Gasteiger partial charge is 0.380 e. The standard InChI is InChI=1S/C9H18ClNO2S/c1-14-8-3-9(12)11-5-2-6-13-7-4-10/h2-8H2,1H3,(H,11,12). The first kappa shape index (κ1) is 14.1. The summed E-state index contributed by atoms with van der Waals surface area (Å²) < 4.78 is 5.16. The molecule has 0 atom stereocenters. The summed E-state index contributed by atoms with van der Waals surface area (Å²) in [4.78, 5) is 11.1. The van der Waals surface area contributed by atoms with Crippen LogP contribution in [0.2, 0.25) is 0 Å². The van der Waals surface area contributed by atoms with Crippen molar-refractivity contribution < 1.29 is 9.53 Å². The molecule has 0 aliphatic heterocycles. The third-order valence-electron chi connectivity index (χ3n) is 1.54. The fraction of sp³-hybridized carbons (Fsp3) is 0.889. The van der Waals surface area contributed by atoms with Crippen LogP contribution in [0.4, 0.5) is 0 Å². The Morgan fingerprint density at radius 3 is 2.93 bits per heavy atom. The van der Waals surface area contributed by atoms with Gasteiger partial charge in [-0.05, 0) is 12.7 Å². The molecule has 0 rings (SSSR count). The zero-order valence-corrected chi connectivity index (χ0v) is 10.1. The molecule has 1 N–H and O–H groups in total. The Morgan fingerprint density at radius 2 is 2.29 bits per heavy atom. The quantitative estimate of drug-likeness (QED) is 0.490. The first-order valence-electron chi connectivity index (χ1n) is 4.70. The third-order valence-corrected chi connectivity index (χ3v) is 2.31. The summed E-state index contributed by atoms with van der Waals surface area (Å²) in [5.41, 5.74) is 0. The van der Waals surface area contributed by atoms with Crippen molar-refractivity contribution in [1.29, 1.82) is 0 Å². The van der Waals surface area contributed by atoms with Gasteiger partial charge in [0.1, 0.15) is 0 Å². The topological polar surface area (TPSA) is 38.3 Å². The van der Waals surface area contributed by atoms with Crippen molar-refractivity contribution in [3.05, 3.63) is 0 Å². The lowest BCUT2D eigenvalue weighted by atomic mass is 10.4. The molecule has 0 spiro atoms. The molecule has 0 aliphatic carbocycles.